The standard InChI is InChI=1S/C14H17/c1-9(2)12-7-13-10(3)5-6-11(4)14(13)8-12/h5-9H,1-4H3. The van der Waals surface area contributed by atoms with Gasteiger partial charge >= 0.3 is 0 Å². The summed E-state index contributed by atoms with van der Waals surface area (Å²) in [6.07, 6.45) is 4.67. The second-order valence-corrected chi connectivity index (χ2v) is 4.47. The first-order valence-electron chi connectivity index (χ1n) is 5.26. The van der Waals surface area contributed by atoms with E-state index in [2.05, 4.69) is 52.3 Å². The summed E-state index contributed by atoms with van der Waals surface area (Å²) < 4.78 is 0. The number of benzene rings is 1. The van der Waals surface area contributed by atoms with Gasteiger partial charge in [-0.1, -0.05) is 37.6 Å². The third-order valence-electron chi connectivity index (χ3n) is 3.01. The maximum absolute atomic E-state index is 2.34. The maximum atomic E-state index is 2.34. The topological polar surface area (TPSA) is 0 Å². The lowest BCUT2D eigenvalue weighted by atomic mass is 9.98. The summed E-state index contributed by atoms with van der Waals surface area (Å²) in [5, 5.41) is 0. The van der Waals surface area contributed by atoms with E-state index in [1.165, 1.54) is 27.8 Å². The summed E-state index contributed by atoms with van der Waals surface area (Å²) in [4.78, 5) is 0. The van der Waals surface area contributed by atoms with Crippen LogP contribution < -0.4 is 0 Å². The molecule has 0 N–H and O–H groups in total. The van der Waals surface area contributed by atoms with Crippen LogP contribution in [0.3, 0.4) is 0 Å². The van der Waals surface area contributed by atoms with Crippen molar-refractivity contribution in [2.75, 3.05) is 0 Å². The Balaban J connectivity index is 2.50. The van der Waals surface area contributed by atoms with Crippen LogP contribution in [-0.4, -0.2) is 0 Å². The van der Waals surface area contributed by atoms with E-state index in [9.17, 15) is 0 Å². The Morgan fingerprint density at radius 3 is 2.00 bits per heavy atom. The van der Waals surface area contributed by atoms with Crippen molar-refractivity contribution in [2.24, 2.45) is 5.92 Å². The van der Waals surface area contributed by atoms with Crippen molar-refractivity contribution >= 4 is 6.08 Å². The smallest absolute Gasteiger partial charge is 0.0169 e. The molecule has 0 spiro atoms. The first-order valence-corrected chi connectivity index (χ1v) is 5.26. The molecule has 0 nitrogen and oxygen atoms in total. The summed E-state index contributed by atoms with van der Waals surface area (Å²) in [5.41, 5.74) is 7.08. The third kappa shape index (κ3) is 1.39. The van der Waals surface area contributed by atoms with Crippen molar-refractivity contribution in [1.82, 2.24) is 0 Å². The largest absolute Gasteiger partial charge is 0.0590 e. The molecule has 0 aliphatic heterocycles. The van der Waals surface area contributed by atoms with E-state index in [0.29, 0.717) is 5.92 Å². The highest BCUT2D eigenvalue weighted by atomic mass is 14.2. The van der Waals surface area contributed by atoms with Crippen LogP contribution in [0.25, 0.3) is 6.08 Å². The summed E-state index contributed by atoms with van der Waals surface area (Å²) in [5.74, 6) is 0.626. The average Bonchev–Trinajstić information content (AvgIpc) is 2.57. The van der Waals surface area contributed by atoms with Gasteiger partial charge < -0.3 is 0 Å². The van der Waals surface area contributed by atoms with Crippen LogP contribution in [0.1, 0.15) is 36.1 Å². The molecule has 0 atom stereocenters. The van der Waals surface area contributed by atoms with Gasteiger partial charge in [0.2, 0.25) is 0 Å². The fourth-order valence-electron chi connectivity index (χ4n) is 1.95. The number of allylic oxidation sites excluding steroid dienone is 1. The van der Waals surface area contributed by atoms with Gasteiger partial charge in [-0.2, -0.15) is 0 Å². The molecule has 0 fully saturated rings. The molecule has 0 saturated carbocycles. The third-order valence-corrected chi connectivity index (χ3v) is 3.01. The molecule has 0 aromatic heterocycles. The molecule has 2 rings (SSSR count). The van der Waals surface area contributed by atoms with Crippen molar-refractivity contribution in [3.05, 3.63) is 46.4 Å². The summed E-state index contributed by atoms with van der Waals surface area (Å²) >= 11 is 0. The predicted octanol–water partition coefficient (Wildman–Crippen LogP) is 3.91. The van der Waals surface area contributed by atoms with Crippen LogP contribution in [0.5, 0.6) is 0 Å². The molecule has 0 saturated heterocycles. The Labute approximate surface area is 86.7 Å². The summed E-state index contributed by atoms with van der Waals surface area (Å²) in [6.45, 7) is 8.87. The molecule has 1 aromatic rings. The van der Waals surface area contributed by atoms with E-state index < -0.39 is 0 Å². The average molecular weight is 185 g/mol. The van der Waals surface area contributed by atoms with Crippen LogP contribution in [0.15, 0.2) is 17.7 Å². The predicted molar refractivity (Wildman–Crippen MR) is 62.1 cm³/mol. The molecular weight excluding hydrogens is 168 g/mol. The zero-order chi connectivity index (χ0) is 10.3. The summed E-state index contributed by atoms with van der Waals surface area (Å²) in [7, 11) is 0. The van der Waals surface area contributed by atoms with Crippen LogP contribution in [-0.2, 0) is 0 Å². The molecule has 1 aliphatic carbocycles. The zero-order valence-electron chi connectivity index (χ0n) is 9.39. The van der Waals surface area contributed by atoms with Gasteiger partial charge in [-0.3, -0.25) is 0 Å². The summed E-state index contributed by atoms with van der Waals surface area (Å²) in [6, 6.07) is 4.42. The van der Waals surface area contributed by atoms with Gasteiger partial charge in [0.1, 0.15) is 0 Å². The Hall–Kier alpha value is -1.04. The maximum Gasteiger partial charge on any atom is 0.0169 e. The minimum absolute atomic E-state index is 0.626. The lowest BCUT2D eigenvalue weighted by molar-refractivity contribution is 0.789. The normalized spacial score (nSPS) is 14.5. The Bertz CT molecular complexity index is 395. The molecule has 1 radical (unpaired) electrons. The molecule has 73 valence electrons. The minimum Gasteiger partial charge on any atom is -0.0590 e. The fraction of sp³-hybridized carbons (Fsp3) is 0.357. The van der Waals surface area contributed by atoms with Gasteiger partial charge in [-0.05, 0) is 42.0 Å². The van der Waals surface area contributed by atoms with Gasteiger partial charge in [0, 0.05) is 6.42 Å². The second kappa shape index (κ2) is 3.27. The van der Waals surface area contributed by atoms with Gasteiger partial charge in [-0.25, -0.2) is 0 Å². The first-order chi connectivity index (χ1) is 6.59. The molecule has 0 unspecified atom stereocenters. The van der Waals surface area contributed by atoms with Crippen LogP contribution >= 0.6 is 0 Å². The highest BCUT2D eigenvalue weighted by Crippen LogP contribution is 2.34. The SMILES string of the molecule is Cc1ccc(C)c2c1[CH]C(C(C)C)=C2. The van der Waals surface area contributed by atoms with E-state index in [0.717, 1.165) is 0 Å². The number of fused-ring (bicyclic) bond motifs is 1. The quantitative estimate of drug-likeness (QED) is 0.622. The van der Waals surface area contributed by atoms with Crippen LogP contribution in [0.2, 0.25) is 0 Å². The van der Waals surface area contributed by atoms with E-state index in [4.69, 9.17) is 0 Å². The van der Waals surface area contributed by atoms with E-state index in [1.807, 2.05) is 0 Å². The number of aryl methyl sites for hydroxylation is 2. The molecule has 1 aliphatic rings. The molecule has 1 aromatic carbocycles. The first kappa shape index (κ1) is 9.51. The monoisotopic (exact) mass is 185 g/mol. The molecular formula is C14H17. The van der Waals surface area contributed by atoms with Crippen molar-refractivity contribution < 1.29 is 0 Å². The second-order valence-electron chi connectivity index (χ2n) is 4.47. The van der Waals surface area contributed by atoms with Gasteiger partial charge in [-0.15, -0.1) is 0 Å². The Morgan fingerprint density at radius 2 is 1.50 bits per heavy atom. The lowest BCUT2D eigenvalue weighted by Gasteiger charge is -2.07. The van der Waals surface area contributed by atoms with Crippen molar-refractivity contribution in [3.63, 3.8) is 0 Å². The number of hydrogen-bond donors (Lipinski definition) is 0. The zero-order valence-corrected chi connectivity index (χ0v) is 9.39. The number of rotatable bonds is 1. The lowest BCUT2D eigenvalue weighted by Crippen LogP contribution is -1.92. The fourth-order valence-corrected chi connectivity index (χ4v) is 1.95. The van der Waals surface area contributed by atoms with Gasteiger partial charge in [0.15, 0.2) is 0 Å². The Morgan fingerprint density at radius 1 is 0.929 bits per heavy atom. The highest BCUT2D eigenvalue weighted by molar-refractivity contribution is 5.73. The van der Waals surface area contributed by atoms with Gasteiger partial charge in [0.25, 0.3) is 0 Å². The van der Waals surface area contributed by atoms with Gasteiger partial charge in [0.05, 0.1) is 0 Å². The molecule has 0 heterocycles. The minimum atomic E-state index is 0.626. The van der Waals surface area contributed by atoms with Crippen LogP contribution in [0.4, 0.5) is 0 Å². The Kier molecular flexibility index (Phi) is 2.22. The van der Waals surface area contributed by atoms with E-state index in [1.54, 1.807) is 0 Å². The number of hydrogen-bond acceptors (Lipinski definition) is 0. The van der Waals surface area contributed by atoms with E-state index in [-0.39, 0.29) is 0 Å². The van der Waals surface area contributed by atoms with Crippen LogP contribution in [0, 0.1) is 26.2 Å². The molecule has 0 heteroatoms. The molecule has 0 amide bonds. The van der Waals surface area contributed by atoms with Crippen molar-refractivity contribution in [1.29, 1.82) is 0 Å². The van der Waals surface area contributed by atoms with E-state index >= 15 is 0 Å². The molecule has 0 bridgehead atoms. The molecule has 14 heavy (non-hydrogen) atoms. The van der Waals surface area contributed by atoms with Crippen molar-refractivity contribution in [2.45, 2.75) is 27.7 Å². The van der Waals surface area contributed by atoms with Crippen molar-refractivity contribution in [3.8, 4) is 0 Å². The highest BCUT2D eigenvalue weighted by Gasteiger charge is 2.18.